The van der Waals surface area contributed by atoms with E-state index in [-0.39, 0.29) is 17.9 Å². The van der Waals surface area contributed by atoms with Crippen LogP contribution in [0, 0.1) is 0 Å². The molecule has 2 N–H and O–H groups in total. The molecule has 0 aliphatic carbocycles. The van der Waals surface area contributed by atoms with E-state index in [1.54, 1.807) is 34.1 Å². The molecule has 142 valence electrons. The third-order valence-corrected chi connectivity index (χ3v) is 5.02. The summed E-state index contributed by atoms with van der Waals surface area (Å²) < 4.78 is 11.1. The predicted octanol–water partition coefficient (Wildman–Crippen LogP) is 1.59. The van der Waals surface area contributed by atoms with E-state index >= 15 is 0 Å². The average Bonchev–Trinajstić information content (AvgIpc) is 3.37. The molecule has 2 fully saturated rings. The van der Waals surface area contributed by atoms with Crippen molar-refractivity contribution < 1.29 is 18.7 Å². The second kappa shape index (κ2) is 7.54. The maximum absolute atomic E-state index is 12.7. The first kappa shape index (κ1) is 17.8. The van der Waals surface area contributed by atoms with Crippen LogP contribution in [0.4, 0.5) is 0 Å². The number of hydrogen-bond acceptors (Lipinski definition) is 5. The number of nitrogens with two attached hydrogens (primary N) is 1. The monoisotopic (exact) mass is 369 g/mol. The zero-order valence-electron chi connectivity index (χ0n) is 15.1. The van der Waals surface area contributed by atoms with Crippen molar-refractivity contribution in [2.45, 2.75) is 12.5 Å². The molecule has 0 bridgehead atoms. The van der Waals surface area contributed by atoms with Crippen molar-refractivity contribution in [2.75, 3.05) is 39.4 Å². The van der Waals surface area contributed by atoms with Crippen molar-refractivity contribution in [3.8, 4) is 11.3 Å². The molecule has 0 radical (unpaired) electrons. The van der Waals surface area contributed by atoms with Crippen LogP contribution in [0.2, 0.25) is 0 Å². The Hall–Kier alpha value is -2.64. The highest BCUT2D eigenvalue weighted by molar-refractivity contribution is 5.96. The van der Waals surface area contributed by atoms with E-state index in [1.165, 1.54) is 0 Å². The molecule has 2 aliphatic rings. The van der Waals surface area contributed by atoms with Gasteiger partial charge in [0.05, 0.1) is 13.2 Å². The van der Waals surface area contributed by atoms with E-state index in [2.05, 4.69) is 0 Å². The number of furan rings is 1. The van der Waals surface area contributed by atoms with Crippen LogP contribution < -0.4 is 5.73 Å². The first-order chi connectivity index (χ1) is 13.1. The zero-order chi connectivity index (χ0) is 18.8. The Morgan fingerprint density at radius 3 is 2.56 bits per heavy atom. The predicted molar refractivity (Wildman–Crippen MR) is 99.4 cm³/mol. The van der Waals surface area contributed by atoms with Gasteiger partial charge in [-0.1, -0.05) is 12.1 Å². The lowest BCUT2D eigenvalue weighted by atomic mass is 10.1. The zero-order valence-corrected chi connectivity index (χ0v) is 15.1. The highest BCUT2D eigenvalue weighted by Gasteiger charge is 2.25. The maximum Gasteiger partial charge on any atom is 0.289 e. The lowest BCUT2D eigenvalue weighted by molar-refractivity contribution is 0.0283. The summed E-state index contributed by atoms with van der Waals surface area (Å²) in [6, 6.07) is 10.8. The molecule has 1 aromatic carbocycles. The molecule has 4 rings (SSSR count). The Kier molecular flexibility index (Phi) is 4.96. The van der Waals surface area contributed by atoms with Crippen molar-refractivity contribution in [1.29, 1.82) is 0 Å². The summed E-state index contributed by atoms with van der Waals surface area (Å²) >= 11 is 0. The van der Waals surface area contributed by atoms with E-state index < -0.39 is 0 Å². The van der Waals surface area contributed by atoms with E-state index in [0.29, 0.717) is 56.5 Å². The Morgan fingerprint density at radius 2 is 1.81 bits per heavy atom. The molecule has 2 aliphatic heterocycles. The number of carbonyl (C=O) groups excluding carboxylic acids is 2. The van der Waals surface area contributed by atoms with Crippen LogP contribution in [0.25, 0.3) is 11.3 Å². The SMILES string of the molecule is N[C@@H]1CCN(C(=O)c2cccc(-c3ccc(C(=O)N4CCOCC4)o3)c2)C1. The van der Waals surface area contributed by atoms with E-state index in [4.69, 9.17) is 14.9 Å². The van der Waals surface area contributed by atoms with Gasteiger partial charge in [-0.15, -0.1) is 0 Å². The first-order valence-electron chi connectivity index (χ1n) is 9.24. The average molecular weight is 369 g/mol. The molecule has 27 heavy (non-hydrogen) atoms. The fraction of sp³-hybridized carbons (Fsp3) is 0.400. The molecule has 1 aromatic heterocycles. The van der Waals surface area contributed by atoms with Gasteiger partial charge in [-0.3, -0.25) is 9.59 Å². The van der Waals surface area contributed by atoms with Crippen LogP contribution in [0.1, 0.15) is 27.3 Å². The molecule has 2 aromatic rings. The fourth-order valence-corrected chi connectivity index (χ4v) is 3.49. The second-order valence-corrected chi connectivity index (χ2v) is 6.95. The van der Waals surface area contributed by atoms with Gasteiger partial charge in [-0.25, -0.2) is 0 Å². The van der Waals surface area contributed by atoms with Crippen LogP contribution in [-0.2, 0) is 4.74 Å². The number of benzene rings is 1. The number of nitrogens with zero attached hydrogens (tertiary/aromatic N) is 2. The molecule has 2 amide bonds. The summed E-state index contributed by atoms with van der Waals surface area (Å²) in [6.45, 7) is 3.49. The molecule has 2 saturated heterocycles. The molecular formula is C20H23N3O4. The summed E-state index contributed by atoms with van der Waals surface area (Å²) in [5.41, 5.74) is 7.27. The van der Waals surface area contributed by atoms with Crippen LogP contribution in [0.15, 0.2) is 40.8 Å². The van der Waals surface area contributed by atoms with E-state index in [1.807, 2.05) is 12.1 Å². The van der Waals surface area contributed by atoms with E-state index in [9.17, 15) is 9.59 Å². The summed E-state index contributed by atoms with van der Waals surface area (Å²) in [5.74, 6) is 0.706. The van der Waals surface area contributed by atoms with Gasteiger partial charge in [0.1, 0.15) is 5.76 Å². The largest absolute Gasteiger partial charge is 0.451 e. The van der Waals surface area contributed by atoms with Crippen molar-refractivity contribution in [1.82, 2.24) is 9.80 Å². The number of rotatable bonds is 3. The number of morpholine rings is 1. The molecule has 0 unspecified atom stereocenters. The van der Waals surface area contributed by atoms with Crippen molar-refractivity contribution in [3.63, 3.8) is 0 Å². The summed E-state index contributed by atoms with van der Waals surface area (Å²) in [5, 5.41) is 0. The summed E-state index contributed by atoms with van der Waals surface area (Å²) in [4.78, 5) is 28.7. The number of amides is 2. The van der Waals surface area contributed by atoms with Crippen molar-refractivity contribution in [3.05, 3.63) is 47.7 Å². The molecule has 0 spiro atoms. The minimum absolute atomic E-state index is 0.0269. The van der Waals surface area contributed by atoms with Crippen LogP contribution in [-0.4, -0.2) is 67.0 Å². The van der Waals surface area contributed by atoms with Crippen LogP contribution in [0.5, 0.6) is 0 Å². The molecule has 1 atom stereocenters. The van der Waals surface area contributed by atoms with Gasteiger partial charge in [-0.2, -0.15) is 0 Å². The Bertz CT molecular complexity index is 841. The minimum Gasteiger partial charge on any atom is -0.451 e. The summed E-state index contributed by atoms with van der Waals surface area (Å²) in [6.07, 6.45) is 0.830. The fourth-order valence-electron chi connectivity index (χ4n) is 3.49. The Labute approximate surface area is 157 Å². The topological polar surface area (TPSA) is 89.0 Å². The number of carbonyl (C=O) groups is 2. The Balaban J connectivity index is 1.51. The third-order valence-electron chi connectivity index (χ3n) is 5.02. The molecule has 0 saturated carbocycles. The van der Waals surface area contributed by atoms with Gasteiger partial charge < -0.3 is 24.7 Å². The maximum atomic E-state index is 12.7. The normalized spacial score (nSPS) is 20.1. The van der Waals surface area contributed by atoms with Crippen LogP contribution in [0.3, 0.4) is 0 Å². The lowest BCUT2D eigenvalue weighted by Crippen LogP contribution is -2.40. The highest BCUT2D eigenvalue weighted by atomic mass is 16.5. The van der Waals surface area contributed by atoms with Gasteiger partial charge in [-0.05, 0) is 30.7 Å². The minimum atomic E-state index is -0.136. The van der Waals surface area contributed by atoms with Gasteiger partial charge in [0, 0.05) is 43.3 Å². The molecule has 7 heteroatoms. The number of likely N-dealkylation sites (tertiary alicyclic amines) is 1. The van der Waals surface area contributed by atoms with E-state index in [0.717, 1.165) is 12.0 Å². The van der Waals surface area contributed by atoms with Crippen molar-refractivity contribution >= 4 is 11.8 Å². The first-order valence-corrected chi connectivity index (χ1v) is 9.24. The van der Waals surface area contributed by atoms with Gasteiger partial charge in [0.15, 0.2) is 5.76 Å². The highest BCUT2D eigenvalue weighted by Crippen LogP contribution is 2.25. The van der Waals surface area contributed by atoms with Gasteiger partial charge in [0.2, 0.25) is 0 Å². The summed E-state index contributed by atoms with van der Waals surface area (Å²) in [7, 11) is 0. The third kappa shape index (κ3) is 3.74. The molecular weight excluding hydrogens is 346 g/mol. The van der Waals surface area contributed by atoms with Crippen LogP contribution >= 0.6 is 0 Å². The van der Waals surface area contributed by atoms with Gasteiger partial charge in [0.25, 0.3) is 11.8 Å². The van der Waals surface area contributed by atoms with Crippen molar-refractivity contribution in [2.24, 2.45) is 5.73 Å². The standard InChI is InChI=1S/C20H23N3O4/c21-16-6-7-23(13-16)19(24)15-3-1-2-14(12-15)17-4-5-18(27-17)20(25)22-8-10-26-11-9-22/h1-5,12,16H,6-11,13,21H2/t16-/m1/s1. The molecule has 7 nitrogen and oxygen atoms in total. The van der Waals surface area contributed by atoms with Gasteiger partial charge >= 0.3 is 0 Å². The Morgan fingerprint density at radius 1 is 1.00 bits per heavy atom. The number of hydrogen-bond donors (Lipinski definition) is 1. The number of ether oxygens (including phenoxy) is 1. The second-order valence-electron chi connectivity index (χ2n) is 6.95. The molecule has 3 heterocycles. The quantitative estimate of drug-likeness (QED) is 0.888. The lowest BCUT2D eigenvalue weighted by Gasteiger charge is -2.25. The smallest absolute Gasteiger partial charge is 0.289 e.